The van der Waals surface area contributed by atoms with Crippen molar-refractivity contribution in [3.8, 4) is 10.4 Å². The van der Waals surface area contributed by atoms with Crippen LogP contribution in [0.3, 0.4) is 0 Å². The zero-order chi connectivity index (χ0) is 27.8. The van der Waals surface area contributed by atoms with E-state index in [4.69, 9.17) is 11.6 Å². The van der Waals surface area contributed by atoms with Crippen LogP contribution >= 0.6 is 34.7 Å². The van der Waals surface area contributed by atoms with Gasteiger partial charge in [0.1, 0.15) is 5.82 Å². The molecular weight excluding hydrogens is 569 g/mol. The van der Waals surface area contributed by atoms with Gasteiger partial charge in [-0.2, -0.15) is 18.2 Å². The number of benzene rings is 1. The Labute approximate surface area is 236 Å². The van der Waals surface area contributed by atoms with E-state index in [-0.39, 0.29) is 35.4 Å². The molecular formula is C27H26ClF3N4O2S2. The maximum Gasteiger partial charge on any atom is 0.417 e. The molecule has 1 unspecified atom stereocenters. The largest absolute Gasteiger partial charge is 0.417 e. The summed E-state index contributed by atoms with van der Waals surface area (Å²) in [4.78, 5) is 35.0. The average molecular weight is 595 g/mol. The number of amides is 1. The van der Waals surface area contributed by atoms with Gasteiger partial charge in [-0.1, -0.05) is 18.2 Å². The number of carbonyl (C=O) groups is 1. The predicted octanol–water partition coefficient (Wildman–Crippen LogP) is 6.47. The lowest BCUT2D eigenvalue weighted by Gasteiger charge is -2.45. The van der Waals surface area contributed by atoms with Gasteiger partial charge < -0.3 is 9.80 Å². The van der Waals surface area contributed by atoms with Crippen molar-refractivity contribution in [2.75, 3.05) is 23.7 Å². The number of aromatic nitrogens is 2. The molecule has 4 heterocycles. The van der Waals surface area contributed by atoms with E-state index in [1.807, 2.05) is 18.7 Å². The third-order valence-electron chi connectivity index (χ3n) is 7.81. The van der Waals surface area contributed by atoms with E-state index < -0.39 is 17.4 Å². The molecule has 2 fully saturated rings. The third-order valence-corrected chi connectivity index (χ3v) is 10.3. The molecule has 3 atom stereocenters. The Hall–Kier alpha value is -2.50. The van der Waals surface area contributed by atoms with Gasteiger partial charge in [0.2, 0.25) is 5.91 Å². The number of thioether (sulfide) groups is 1. The summed E-state index contributed by atoms with van der Waals surface area (Å²) in [6, 6.07) is 2.09. The second-order valence-electron chi connectivity index (χ2n) is 10.5. The van der Waals surface area contributed by atoms with Crippen molar-refractivity contribution in [1.29, 1.82) is 0 Å². The Morgan fingerprint density at radius 2 is 1.90 bits per heavy atom. The van der Waals surface area contributed by atoms with Crippen molar-refractivity contribution in [1.82, 2.24) is 14.5 Å². The zero-order valence-electron chi connectivity index (χ0n) is 21.3. The van der Waals surface area contributed by atoms with E-state index in [1.54, 1.807) is 20.9 Å². The number of piperazine rings is 1. The molecule has 3 aromatic rings. The number of hydrogen-bond acceptors (Lipinski definition) is 6. The number of nitrogens with zero attached hydrogens (tertiary/aromatic N) is 4. The van der Waals surface area contributed by atoms with Gasteiger partial charge in [0.25, 0.3) is 0 Å². The lowest BCUT2D eigenvalue weighted by atomic mass is 9.99. The smallest absolute Gasteiger partial charge is 0.352 e. The van der Waals surface area contributed by atoms with Crippen LogP contribution in [0.15, 0.2) is 39.9 Å². The minimum absolute atomic E-state index is 0.0691. The molecule has 6 rings (SSSR count). The lowest BCUT2D eigenvalue weighted by molar-refractivity contribution is -0.137. The van der Waals surface area contributed by atoms with Crippen LogP contribution in [0.4, 0.5) is 19.0 Å². The van der Waals surface area contributed by atoms with Gasteiger partial charge in [-0.05, 0) is 50.8 Å². The topological polar surface area (TPSA) is 58.4 Å². The Morgan fingerprint density at radius 3 is 2.46 bits per heavy atom. The molecule has 2 aliphatic heterocycles. The van der Waals surface area contributed by atoms with Crippen LogP contribution in [-0.2, 0) is 11.0 Å². The molecule has 39 heavy (non-hydrogen) atoms. The van der Waals surface area contributed by atoms with Crippen LogP contribution in [0.2, 0.25) is 5.02 Å². The summed E-state index contributed by atoms with van der Waals surface area (Å²) in [5.41, 5.74) is -0.637. The molecule has 206 valence electrons. The molecule has 3 aliphatic rings. The van der Waals surface area contributed by atoms with E-state index in [2.05, 4.69) is 11.6 Å². The van der Waals surface area contributed by atoms with Crippen LogP contribution in [0, 0.1) is 5.92 Å². The minimum Gasteiger partial charge on any atom is -0.352 e. The van der Waals surface area contributed by atoms with Gasteiger partial charge in [0.05, 0.1) is 22.1 Å². The van der Waals surface area contributed by atoms with E-state index >= 15 is 0 Å². The first kappa shape index (κ1) is 26.7. The minimum atomic E-state index is -4.64. The van der Waals surface area contributed by atoms with E-state index in [0.717, 1.165) is 30.2 Å². The van der Waals surface area contributed by atoms with Crippen molar-refractivity contribution >= 4 is 57.3 Å². The zero-order valence-corrected chi connectivity index (χ0v) is 23.7. The summed E-state index contributed by atoms with van der Waals surface area (Å²) >= 11 is 8.69. The molecule has 1 aromatic carbocycles. The number of anilines is 1. The quantitative estimate of drug-likeness (QED) is 0.324. The molecule has 12 heteroatoms. The Balaban J connectivity index is 1.62. The lowest BCUT2D eigenvalue weighted by Crippen LogP contribution is -2.58. The number of carbonyl (C=O) groups excluding carboxylic acids is 1. The highest BCUT2D eigenvalue weighted by atomic mass is 35.5. The molecule has 1 saturated carbocycles. The van der Waals surface area contributed by atoms with Crippen molar-refractivity contribution in [2.24, 2.45) is 5.92 Å². The summed E-state index contributed by atoms with van der Waals surface area (Å²) in [6.45, 7) is 7.99. The fourth-order valence-corrected chi connectivity index (χ4v) is 8.74. The van der Waals surface area contributed by atoms with Crippen LogP contribution in [0.25, 0.3) is 21.3 Å². The molecule has 0 bridgehead atoms. The second-order valence-corrected chi connectivity index (χ2v) is 12.9. The molecule has 0 N–H and O–H groups in total. The molecule has 6 nitrogen and oxygen atoms in total. The number of thiophene rings is 1. The highest BCUT2D eigenvalue weighted by Gasteiger charge is 2.43. The highest BCUT2D eigenvalue weighted by Crippen LogP contribution is 2.54. The summed E-state index contributed by atoms with van der Waals surface area (Å²) in [5, 5.41) is 2.30. The van der Waals surface area contributed by atoms with Crippen LogP contribution < -0.4 is 10.6 Å². The van der Waals surface area contributed by atoms with Crippen molar-refractivity contribution < 1.29 is 18.0 Å². The molecule has 0 radical (unpaired) electrons. The van der Waals surface area contributed by atoms with Gasteiger partial charge in [0.15, 0.2) is 0 Å². The summed E-state index contributed by atoms with van der Waals surface area (Å²) in [7, 11) is 0. The Bertz CT molecular complexity index is 1550. The Morgan fingerprint density at radius 1 is 1.21 bits per heavy atom. The number of hydrogen-bond donors (Lipinski definition) is 0. The van der Waals surface area contributed by atoms with Crippen LogP contribution in [0.5, 0.6) is 0 Å². The van der Waals surface area contributed by atoms with Gasteiger partial charge in [-0.25, -0.2) is 4.79 Å². The van der Waals surface area contributed by atoms with Gasteiger partial charge >= 0.3 is 11.9 Å². The number of rotatable bonds is 4. The Kier molecular flexibility index (Phi) is 6.54. The first-order chi connectivity index (χ1) is 18.5. The van der Waals surface area contributed by atoms with Crippen molar-refractivity contribution in [3.05, 3.63) is 51.2 Å². The van der Waals surface area contributed by atoms with Crippen molar-refractivity contribution in [3.63, 3.8) is 0 Å². The van der Waals surface area contributed by atoms with E-state index in [9.17, 15) is 22.8 Å². The normalized spacial score (nSPS) is 23.4. The second kappa shape index (κ2) is 9.55. The van der Waals surface area contributed by atoms with Crippen molar-refractivity contribution in [2.45, 2.75) is 55.9 Å². The molecule has 0 spiro atoms. The third kappa shape index (κ3) is 4.46. The van der Waals surface area contributed by atoms with E-state index in [1.165, 1.54) is 17.8 Å². The number of alkyl halides is 3. The maximum atomic E-state index is 14.7. The first-order valence-electron chi connectivity index (χ1n) is 12.8. The maximum absolute atomic E-state index is 14.7. The van der Waals surface area contributed by atoms with Gasteiger partial charge in [0, 0.05) is 57.0 Å². The average Bonchev–Trinajstić information content (AvgIpc) is 3.64. The summed E-state index contributed by atoms with van der Waals surface area (Å²) in [6.07, 6.45) is -1.41. The molecule has 1 aliphatic carbocycles. The predicted molar refractivity (Wildman–Crippen MR) is 150 cm³/mol. The standard InChI is InChI=1S/C27H26ClF3N4O2S2/c1-4-21(36)34-13(2)9-33(10-14(34)3)25-17-8-18(27(29,30)31)22(20-7-16(28)11-38-20)24-23(17)35(26(37)32-25)19(12-39-24)15-5-6-15/h4,7-8,11,13-15,19H,1,5-6,9-10,12H2,2-3H3/t13-,14+,19?. The SMILES string of the molecule is C=CC(=O)N1[C@H](C)CN(c2nc(=O)n3c4c(c(-c5cc(Cl)cs5)c(C(F)(F)F)cc24)SCC3C2CC2)C[C@@H]1C. The molecule has 1 amide bonds. The fourth-order valence-electron chi connectivity index (χ4n) is 6.07. The summed E-state index contributed by atoms with van der Waals surface area (Å²) < 4.78 is 45.7. The molecule has 1 saturated heterocycles. The first-order valence-corrected chi connectivity index (χ1v) is 15.0. The van der Waals surface area contributed by atoms with Gasteiger partial charge in [-0.15, -0.1) is 23.1 Å². The highest BCUT2D eigenvalue weighted by molar-refractivity contribution is 7.99. The fraction of sp³-hybridized carbons (Fsp3) is 0.444. The van der Waals surface area contributed by atoms with E-state index in [0.29, 0.717) is 50.5 Å². The molecule has 2 aromatic heterocycles. The van der Waals surface area contributed by atoms with Crippen LogP contribution in [0.1, 0.15) is 38.3 Å². The van der Waals surface area contributed by atoms with Gasteiger partial charge in [-0.3, -0.25) is 9.36 Å². The number of halogens is 4. The summed E-state index contributed by atoms with van der Waals surface area (Å²) in [5.74, 6) is 0.851. The monoisotopic (exact) mass is 594 g/mol. The van der Waals surface area contributed by atoms with Crippen LogP contribution in [-0.4, -0.2) is 51.3 Å².